The second-order valence-electron chi connectivity index (χ2n) is 6.02. The zero-order valence-corrected chi connectivity index (χ0v) is 11.3. The maximum Gasteiger partial charge on any atom is 0.161 e. The number of rotatable bonds is 3. The van der Waals surface area contributed by atoms with Crippen LogP contribution in [0, 0.1) is 5.92 Å². The highest BCUT2D eigenvalue weighted by atomic mass is 16.7. The van der Waals surface area contributed by atoms with Crippen LogP contribution in [0.3, 0.4) is 0 Å². The van der Waals surface area contributed by atoms with E-state index in [0.717, 1.165) is 19.6 Å². The molecule has 0 aromatic heterocycles. The van der Waals surface area contributed by atoms with Crippen molar-refractivity contribution < 1.29 is 14.4 Å². The van der Waals surface area contributed by atoms with Gasteiger partial charge in [0.15, 0.2) is 6.29 Å². The summed E-state index contributed by atoms with van der Waals surface area (Å²) < 4.78 is 12.0. The summed E-state index contributed by atoms with van der Waals surface area (Å²) in [4.78, 5) is 1.72. The Morgan fingerprint density at radius 1 is 1.11 bits per heavy atom. The summed E-state index contributed by atoms with van der Waals surface area (Å²) in [6.07, 6.45) is 12.7. The summed E-state index contributed by atoms with van der Waals surface area (Å²) in [5.74, 6) is 0.594. The van der Waals surface area contributed by atoms with E-state index in [4.69, 9.17) is 9.47 Å². The van der Waals surface area contributed by atoms with E-state index in [1.54, 1.807) is 4.90 Å². The molecule has 1 aliphatic carbocycles. The van der Waals surface area contributed by atoms with Gasteiger partial charge in [-0.3, -0.25) is 0 Å². The molecule has 0 spiro atoms. The molecular weight excluding hydrogens is 226 g/mol. The average molecular weight is 252 g/mol. The topological polar surface area (TPSA) is 22.9 Å². The predicted molar refractivity (Wildman–Crippen MR) is 70.5 cm³/mol. The van der Waals surface area contributed by atoms with Crippen molar-refractivity contribution in [2.45, 2.75) is 50.9 Å². The SMILES string of the molecule is C1=CC[C@H]([C@H]2OC[C@H](C[NH+]3CCCCC3)O2)CC1. The molecule has 2 fully saturated rings. The van der Waals surface area contributed by atoms with E-state index in [0.29, 0.717) is 12.0 Å². The van der Waals surface area contributed by atoms with Crippen LogP contribution in [0.5, 0.6) is 0 Å². The molecule has 102 valence electrons. The number of allylic oxidation sites excluding steroid dienone is 2. The third-order valence-electron chi connectivity index (χ3n) is 4.54. The number of ether oxygens (including phenoxy) is 2. The minimum Gasteiger partial charge on any atom is -0.349 e. The number of hydrogen-bond donors (Lipinski definition) is 1. The quantitative estimate of drug-likeness (QED) is 0.762. The van der Waals surface area contributed by atoms with E-state index in [1.807, 2.05) is 0 Å². The molecule has 2 saturated heterocycles. The van der Waals surface area contributed by atoms with E-state index in [2.05, 4.69) is 12.2 Å². The minimum absolute atomic E-state index is 0.0733. The van der Waals surface area contributed by atoms with Crippen molar-refractivity contribution in [1.82, 2.24) is 0 Å². The summed E-state index contributed by atoms with van der Waals surface area (Å²) in [6.45, 7) is 4.63. The summed E-state index contributed by atoms with van der Waals surface area (Å²) in [7, 11) is 0. The number of nitrogens with one attached hydrogen (secondary N) is 1. The molecule has 3 nitrogen and oxygen atoms in total. The summed E-state index contributed by atoms with van der Waals surface area (Å²) >= 11 is 0. The van der Waals surface area contributed by atoms with E-state index in [1.165, 1.54) is 45.2 Å². The monoisotopic (exact) mass is 252 g/mol. The third-order valence-corrected chi connectivity index (χ3v) is 4.54. The minimum atomic E-state index is 0.0733. The third kappa shape index (κ3) is 3.14. The van der Waals surface area contributed by atoms with E-state index in [9.17, 15) is 0 Å². The van der Waals surface area contributed by atoms with Gasteiger partial charge in [-0.25, -0.2) is 0 Å². The number of quaternary nitrogens is 1. The lowest BCUT2D eigenvalue weighted by Gasteiger charge is -2.26. The van der Waals surface area contributed by atoms with Crippen molar-refractivity contribution in [3.63, 3.8) is 0 Å². The first-order valence-corrected chi connectivity index (χ1v) is 7.67. The van der Waals surface area contributed by atoms with Crippen LogP contribution in [-0.2, 0) is 9.47 Å². The Morgan fingerprint density at radius 3 is 2.78 bits per heavy atom. The van der Waals surface area contributed by atoms with Crippen LogP contribution in [-0.4, -0.2) is 38.6 Å². The van der Waals surface area contributed by atoms with Crippen LogP contribution in [0.2, 0.25) is 0 Å². The molecule has 3 rings (SSSR count). The zero-order valence-electron chi connectivity index (χ0n) is 11.3. The molecule has 0 aromatic rings. The largest absolute Gasteiger partial charge is 0.349 e. The molecule has 0 bridgehead atoms. The first kappa shape index (κ1) is 12.6. The molecule has 0 radical (unpaired) electrons. The Kier molecular flexibility index (Phi) is 4.34. The molecule has 0 saturated carbocycles. The predicted octanol–water partition coefficient (Wildman–Crippen LogP) is 1.15. The maximum absolute atomic E-state index is 6.13. The smallest absolute Gasteiger partial charge is 0.161 e. The van der Waals surface area contributed by atoms with Gasteiger partial charge in [0.1, 0.15) is 12.6 Å². The van der Waals surface area contributed by atoms with Gasteiger partial charge in [0.05, 0.1) is 19.7 Å². The fourth-order valence-corrected chi connectivity index (χ4v) is 3.47. The van der Waals surface area contributed by atoms with Gasteiger partial charge in [-0.15, -0.1) is 0 Å². The Morgan fingerprint density at radius 2 is 2.00 bits per heavy atom. The Bertz CT molecular complexity index is 286. The van der Waals surface area contributed by atoms with Crippen LogP contribution in [0.1, 0.15) is 38.5 Å². The molecule has 3 heteroatoms. The van der Waals surface area contributed by atoms with Crippen LogP contribution in [0.25, 0.3) is 0 Å². The Labute approximate surface area is 110 Å². The maximum atomic E-state index is 6.13. The lowest BCUT2D eigenvalue weighted by atomic mass is 9.94. The molecule has 3 atom stereocenters. The number of piperidine rings is 1. The van der Waals surface area contributed by atoms with Crippen LogP contribution < -0.4 is 4.90 Å². The van der Waals surface area contributed by atoms with Gasteiger partial charge >= 0.3 is 0 Å². The Hall–Kier alpha value is -0.380. The molecule has 2 aliphatic heterocycles. The van der Waals surface area contributed by atoms with Gasteiger partial charge in [-0.1, -0.05) is 12.2 Å². The van der Waals surface area contributed by atoms with E-state index >= 15 is 0 Å². The molecule has 2 heterocycles. The van der Waals surface area contributed by atoms with Gasteiger partial charge in [0.25, 0.3) is 0 Å². The lowest BCUT2D eigenvalue weighted by molar-refractivity contribution is -0.907. The molecular formula is C15H26NO2+. The Balaban J connectivity index is 1.44. The van der Waals surface area contributed by atoms with Crippen LogP contribution in [0.4, 0.5) is 0 Å². The summed E-state index contributed by atoms with van der Waals surface area (Å²) in [5, 5.41) is 0. The fourth-order valence-electron chi connectivity index (χ4n) is 3.47. The normalized spacial score (nSPS) is 38.1. The first-order chi connectivity index (χ1) is 8.92. The number of likely N-dealkylation sites (tertiary alicyclic amines) is 1. The standard InChI is InChI=1S/C15H25NO2/c1-3-7-13(8-4-1)15-17-12-14(18-15)11-16-9-5-2-6-10-16/h1,3,13-15H,2,4-12H2/p+1/t13-,14-,15-/m0/s1. The van der Waals surface area contributed by atoms with Crippen molar-refractivity contribution in [3.05, 3.63) is 12.2 Å². The van der Waals surface area contributed by atoms with Crippen molar-refractivity contribution in [2.75, 3.05) is 26.2 Å². The molecule has 0 unspecified atom stereocenters. The van der Waals surface area contributed by atoms with Crippen LogP contribution in [0.15, 0.2) is 12.2 Å². The second-order valence-corrected chi connectivity index (χ2v) is 6.02. The lowest BCUT2D eigenvalue weighted by Crippen LogP contribution is -3.13. The van der Waals surface area contributed by atoms with Gasteiger partial charge in [0.2, 0.25) is 0 Å². The summed E-state index contributed by atoms with van der Waals surface area (Å²) in [5.41, 5.74) is 0. The average Bonchev–Trinajstić information content (AvgIpc) is 2.89. The van der Waals surface area contributed by atoms with Crippen LogP contribution >= 0.6 is 0 Å². The molecule has 18 heavy (non-hydrogen) atoms. The highest BCUT2D eigenvalue weighted by molar-refractivity contribution is 4.91. The highest BCUT2D eigenvalue weighted by Crippen LogP contribution is 2.28. The van der Waals surface area contributed by atoms with Gasteiger partial charge in [-0.05, 0) is 38.5 Å². The van der Waals surface area contributed by atoms with E-state index in [-0.39, 0.29) is 6.29 Å². The fraction of sp³-hybridized carbons (Fsp3) is 0.867. The second kappa shape index (κ2) is 6.18. The van der Waals surface area contributed by atoms with E-state index < -0.39 is 0 Å². The molecule has 0 amide bonds. The number of hydrogen-bond acceptors (Lipinski definition) is 2. The van der Waals surface area contributed by atoms with Crippen molar-refractivity contribution in [2.24, 2.45) is 5.92 Å². The van der Waals surface area contributed by atoms with Crippen molar-refractivity contribution in [1.29, 1.82) is 0 Å². The summed E-state index contributed by atoms with van der Waals surface area (Å²) in [6, 6.07) is 0. The van der Waals surface area contributed by atoms with Crippen molar-refractivity contribution in [3.8, 4) is 0 Å². The molecule has 0 aromatic carbocycles. The zero-order chi connectivity index (χ0) is 12.2. The van der Waals surface area contributed by atoms with Crippen molar-refractivity contribution >= 4 is 0 Å². The highest BCUT2D eigenvalue weighted by Gasteiger charge is 2.34. The molecule has 1 N–H and O–H groups in total. The van der Waals surface area contributed by atoms with Gasteiger partial charge in [-0.2, -0.15) is 0 Å². The van der Waals surface area contributed by atoms with Gasteiger partial charge in [0, 0.05) is 5.92 Å². The first-order valence-electron chi connectivity index (χ1n) is 7.67. The van der Waals surface area contributed by atoms with Gasteiger partial charge < -0.3 is 14.4 Å². The molecule has 3 aliphatic rings.